The van der Waals surface area contributed by atoms with Crippen molar-refractivity contribution in [1.29, 1.82) is 0 Å². The lowest BCUT2D eigenvalue weighted by Gasteiger charge is -2.21. The predicted octanol–water partition coefficient (Wildman–Crippen LogP) is -1.20. The molecule has 17 heavy (non-hydrogen) atoms. The smallest absolute Gasteiger partial charge is 0.294 e. The Morgan fingerprint density at radius 3 is 2.59 bits per heavy atom. The van der Waals surface area contributed by atoms with E-state index >= 15 is 0 Å². The van der Waals surface area contributed by atoms with Crippen molar-refractivity contribution >= 4 is 0 Å². The van der Waals surface area contributed by atoms with Crippen molar-refractivity contribution in [3.8, 4) is 0 Å². The summed E-state index contributed by atoms with van der Waals surface area (Å²) >= 11 is 0. The molecule has 0 spiro atoms. The first-order chi connectivity index (χ1) is 8.02. The van der Waals surface area contributed by atoms with Crippen molar-refractivity contribution < 1.29 is 19.8 Å². The fourth-order valence-corrected chi connectivity index (χ4v) is 1.90. The molecule has 0 aromatic rings. The summed E-state index contributed by atoms with van der Waals surface area (Å²) in [4.78, 5) is 30.8. The Morgan fingerprint density at radius 1 is 1.35 bits per heavy atom. The molecular formula is C7H14N4O6. The third-order valence-electron chi connectivity index (χ3n) is 2.51. The molecule has 0 aliphatic carbocycles. The lowest BCUT2D eigenvalue weighted by atomic mass is 10.2. The van der Waals surface area contributed by atoms with Crippen LogP contribution in [0.2, 0.25) is 0 Å². The summed E-state index contributed by atoms with van der Waals surface area (Å²) in [5.74, 6) is 0. The zero-order chi connectivity index (χ0) is 12.8. The number of rotatable bonds is 7. The second-order valence-corrected chi connectivity index (χ2v) is 3.64. The second kappa shape index (κ2) is 6.15. The third-order valence-corrected chi connectivity index (χ3v) is 2.51. The van der Waals surface area contributed by atoms with Gasteiger partial charge in [-0.15, -0.1) is 20.2 Å². The van der Waals surface area contributed by atoms with Crippen LogP contribution in [0.25, 0.3) is 0 Å². The Balaban J connectivity index is 2.47. The Labute approximate surface area is 96.5 Å². The van der Waals surface area contributed by atoms with Gasteiger partial charge in [0.05, 0.1) is 0 Å². The van der Waals surface area contributed by atoms with Gasteiger partial charge in [0.2, 0.25) is 0 Å². The summed E-state index contributed by atoms with van der Waals surface area (Å²) in [6.45, 7) is 1.04. The molecule has 2 N–H and O–H groups in total. The summed E-state index contributed by atoms with van der Waals surface area (Å²) in [5, 5.41) is 18.5. The first kappa shape index (κ1) is 13.4. The molecule has 98 valence electrons. The Hall–Kier alpha value is -1.68. The van der Waals surface area contributed by atoms with E-state index in [0.717, 1.165) is 0 Å². The molecule has 0 bridgehead atoms. The topological polar surface area (TPSA) is 134 Å². The monoisotopic (exact) mass is 250 g/mol. The van der Waals surface area contributed by atoms with Crippen LogP contribution in [0.5, 0.6) is 0 Å². The maximum absolute atomic E-state index is 10.2. The van der Waals surface area contributed by atoms with Crippen molar-refractivity contribution in [2.45, 2.75) is 18.6 Å². The first-order valence-electron chi connectivity index (χ1n) is 5.05. The van der Waals surface area contributed by atoms with E-state index in [9.17, 15) is 20.2 Å². The molecule has 1 rings (SSSR count). The molecule has 1 aliphatic rings. The largest absolute Gasteiger partial charge is 0.329 e. The zero-order valence-corrected chi connectivity index (χ0v) is 9.06. The van der Waals surface area contributed by atoms with Crippen LogP contribution >= 0.6 is 0 Å². The fraction of sp³-hybridized carbons (Fsp3) is 1.00. The van der Waals surface area contributed by atoms with Gasteiger partial charge < -0.3 is 15.4 Å². The van der Waals surface area contributed by atoms with E-state index in [-0.39, 0.29) is 12.6 Å². The minimum Gasteiger partial charge on any atom is -0.329 e. The van der Waals surface area contributed by atoms with Gasteiger partial charge in [-0.3, -0.25) is 4.90 Å². The van der Waals surface area contributed by atoms with Crippen LogP contribution in [0.15, 0.2) is 0 Å². The maximum Gasteiger partial charge on any atom is 0.294 e. The Bertz CT molecular complexity index is 288. The van der Waals surface area contributed by atoms with Crippen LogP contribution in [0.3, 0.4) is 0 Å². The molecule has 0 saturated carbocycles. The van der Waals surface area contributed by atoms with Crippen molar-refractivity contribution in [3.05, 3.63) is 20.2 Å². The molecule has 2 unspecified atom stereocenters. The molecule has 2 atom stereocenters. The van der Waals surface area contributed by atoms with Crippen LogP contribution in [0, 0.1) is 20.2 Å². The fourth-order valence-electron chi connectivity index (χ4n) is 1.90. The number of nitrogens with two attached hydrogens (primary N) is 1. The number of likely N-dealkylation sites (tertiary alicyclic amines) is 1. The highest BCUT2D eigenvalue weighted by molar-refractivity contribution is 4.85. The van der Waals surface area contributed by atoms with Crippen LogP contribution in [0.1, 0.15) is 6.42 Å². The van der Waals surface area contributed by atoms with E-state index in [1.165, 1.54) is 0 Å². The van der Waals surface area contributed by atoms with E-state index in [4.69, 9.17) is 5.73 Å². The van der Waals surface area contributed by atoms with Gasteiger partial charge >= 0.3 is 0 Å². The average Bonchev–Trinajstić information content (AvgIpc) is 2.57. The van der Waals surface area contributed by atoms with E-state index in [0.29, 0.717) is 26.1 Å². The normalized spacial score (nSPS) is 24.5. The molecule has 10 nitrogen and oxygen atoms in total. The molecule has 1 saturated heterocycles. The van der Waals surface area contributed by atoms with E-state index in [1.807, 2.05) is 0 Å². The Kier molecular flexibility index (Phi) is 4.84. The van der Waals surface area contributed by atoms with Crippen LogP contribution in [-0.4, -0.2) is 53.5 Å². The zero-order valence-electron chi connectivity index (χ0n) is 9.06. The summed E-state index contributed by atoms with van der Waals surface area (Å²) in [5.41, 5.74) is 5.38. The van der Waals surface area contributed by atoms with Crippen molar-refractivity contribution in [1.82, 2.24) is 4.90 Å². The standard InChI is InChI=1S/C7H14N4O6/c8-1-2-9-4-7(17-11(14)15)3-6(9)5-16-10(12)13/h6-7H,1-5,8H2. The minimum absolute atomic E-state index is 0.134. The van der Waals surface area contributed by atoms with Crippen molar-refractivity contribution in [2.75, 3.05) is 26.2 Å². The summed E-state index contributed by atoms with van der Waals surface area (Å²) in [7, 11) is 0. The van der Waals surface area contributed by atoms with E-state index in [2.05, 4.69) is 9.68 Å². The first-order valence-corrected chi connectivity index (χ1v) is 5.05. The highest BCUT2D eigenvalue weighted by atomic mass is 17.0. The lowest BCUT2D eigenvalue weighted by molar-refractivity contribution is -0.768. The highest BCUT2D eigenvalue weighted by Gasteiger charge is 2.34. The molecule has 0 aromatic heterocycles. The average molecular weight is 250 g/mol. The molecule has 0 aromatic carbocycles. The molecule has 1 fully saturated rings. The molecule has 10 heteroatoms. The van der Waals surface area contributed by atoms with Gasteiger partial charge in [-0.2, -0.15) is 0 Å². The van der Waals surface area contributed by atoms with Crippen molar-refractivity contribution in [3.63, 3.8) is 0 Å². The summed E-state index contributed by atoms with van der Waals surface area (Å²) in [6.07, 6.45) is -0.272. The quantitative estimate of drug-likeness (QED) is 0.440. The van der Waals surface area contributed by atoms with Gasteiger partial charge in [0.1, 0.15) is 12.7 Å². The highest BCUT2D eigenvalue weighted by Crippen LogP contribution is 2.20. The molecular weight excluding hydrogens is 236 g/mol. The summed E-state index contributed by atoms with van der Waals surface area (Å²) in [6, 6.07) is -0.283. The van der Waals surface area contributed by atoms with Gasteiger partial charge in [0.25, 0.3) is 10.2 Å². The van der Waals surface area contributed by atoms with Crippen LogP contribution < -0.4 is 5.73 Å². The van der Waals surface area contributed by atoms with E-state index < -0.39 is 16.3 Å². The van der Waals surface area contributed by atoms with Gasteiger partial charge in [0.15, 0.2) is 0 Å². The van der Waals surface area contributed by atoms with Gasteiger partial charge in [-0.1, -0.05) is 0 Å². The summed E-state index contributed by atoms with van der Waals surface area (Å²) < 4.78 is 0. The van der Waals surface area contributed by atoms with Gasteiger partial charge in [0, 0.05) is 25.7 Å². The Morgan fingerprint density at radius 2 is 2.06 bits per heavy atom. The molecule has 1 aliphatic heterocycles. The third kappa shape index (κ3) is 4.36. The van der Waals surface area contributed by atoms with Crippen LogP contribution in [-0.2, 0) is 9.68 Å². The second-order valence-electron chi connectivity index (χ2n) is 3.64. The van der Waals surface area contributed by atoms with Gasteiger partial charge in [-0.05, 0) is 6.42 Å². The van der Waals surface area contributed by atoms with Gasteiger partial charge in [-0.25, -0.2) is 0 Å². The number of nitrogens with zero attached hydrogens (tertiary/aromatic N) is 3. The maximum atomic E-state index is 10.2. The minimum atomic E-state index is -0.887. The lowest BCUT2D eigenvalue weighted by Crippen LogP contribution is -2.37. The predicted molar refractivity (Wildman–Crippen MR) is 53.8 cm³/mol. The number of hydrogen-bond acceptors (Lipinski definition) is 8. The molecule has 1 heterocycles. The molecule has 0 amide bonds. The van der Waals surface area contributed by atoms with E-state index in [1.54, 1.807) is 4.90 Å². The number of hydrogen-bond donors (Lipinski definition) is 1. The SMILES string of the molecule is NCCN1CC(O[N+](=O)[O-])CC1CO[N+](=O)[O-]. The molecule has 0 radical (unpaired) electrons. The van der Waals surface area contributed by atoms with Crippen molar-refractivity contribution in [2.24, 2.45) is 5.73 Å². The van der Waals surface area contributed by atoms with Crippen LogP contribution in [0.4, 0.5) is 0 Å².